The van der Waals surface area contributed by atoms with Gasteiger partial charge in [0.15, 0.2) is 0 Å². The Balaban J connectivity index is 2.42. The molecular formula is C9H15N3O3. The highest BCUT2D eigenvalue weighted by Gasteiger charge is 2.10. The van der Waals surface area contributed by atoms with Crippen molar-refractivity contribution in [3.8, 4) is 0 Å². The van der Waals surface area contributed by atoms with Crippen molar-refractivity contribution in [1.29, 1.82) is 0 Å². The van der Waals surface area contributed by atoms with Crippen LogP contribution >= 0.6 is 0 Å². The third kappa shape index (κ3) is 4.07. The summed E-state index contributed by atoms with van der Waals surface area (Å²) in [5, 5.41) is 16.1. The van der Waals surface area contributed by atoms with Crippen LogP contribution in [0.2, 0.25) is 0 Å². The van der Waals surface area contributed by atoms with Gasteiger partial charge in [0.05, 0.1) is 13.0 Å². The number of aromatic nitrogens is 2. The molecule has 0 saturated heterocycles. The molecule has 0 radical (unpaired) electrons. The van der Waals surface area contributed by atoms with Crippen molar-refractivity contribution in [3.05, 3.63) is 11.8 Å². The first-order chi connectivity index (χ1) is 7.11. The molecule has 0 aliphatic rings. The maximum atomic E-state index is 10.4. The standard InChI is InChI=1S/C9H15N3O3/c1-3-12(5-4-9(13)14)6-8-11-10-7(2)15-8/h3-6H2,1-2H3,(H,13,14). The predicted octanol–water partition coefficient (Wildman–Crippen LogP) is 0.675. The van der Waals surface area contributed by atoms with Crippen molar-refractivity contribution in [2.24, 2.45) is 0 Å². The van der Waals surface area contributed by atoms with Crippen molar-refractivity contribution in [2.75, 3.05) is 13.1 Å². The molecule has 15 heavy (non-hydrogen) atoms. The van der Waals surface area contributed by atoms with Crippen LogP contribution in [0, 0.1) is 6.92 Å². The third-order valence-electron chi connectivity index (χ3n) is 2.02. The topological polar surface area (TPSA) is 79.5 Å². The van der Waals surface area contributed by atoms with E-state index in [0.717, 1.165) is 6.54 Å². The van der Waals surface area contributed by atoms with E-state index in [2.05, 4.69) is 10.2 Å². The molecule has 1 heterocycles. The Morgan fingerprint density at radius 1 is 1.53 bits per heavy atom. The lowest BCUT2D eigenvalue weighted by Crippen LogP contribution is -2.25. The summed E-state index contributed by atoms with van der Waals surface area (Å²) >= 11 is 0. The van der Waals surface area contributed by atoms with Crippen molar-refractivity contribution in [1.82, 2.24) is 15.1 Å². The summed E-state index contributed by atoms with van der Waals surface area (Å²) in [6, 6.07) is 0. The van der Waals surface area contributed by atoms with Gasteiger partial charge < -0.3 is 9.52 Å². The number of carbonyl (C=O) groups is 1. The third-order valence-corrected chi connectivity index (χ3v) is 2.02. The monoisotopic (exact) mass is 213 g/mol. The van der Waals surface area contributed by atoms with Crippen LogP contribution < -0.4 is 0 Å². The van der Waals surface area contributed by atoms with Gasteiger partial charge in [-0.3, -0.25) is 9.69 Å². The Bertz CT molecular complexity index is 324. The minimum atomic E-state index is -0.796. The molecule has 0 fully saturated rings. The molecule has 0 bridgehead atoms. The molecule has 0 amide bonds. The SMILES string of the molecule is CCN(CCC(=O)O)Cc1nnc(C)o1. The second kappa shape index (κ2) is 5.45. The van der Waals surface area contributed by atoms with E-state index in [0.29, 0.717) is 24.9 Å². The molecular weight excluding hydrogens is 198 g/mol. The van der Waals surface area contributed by atoms with Crippen molar-refractivity contribution in [2.45, 2.75) is 26.8 Å². The van der Waals surface area contributed by atoms with Gasteiger partial charge in [-0.2, -0.15) is 0 Å². The van der Waals surface area contributed by atoms with Crippen LogP contribution in [0.15, 0.2) is 4.42 Å². The average molecular weight is 213 g/mol. The fourth-order valence-electron chi connectivity index (χ4n) is 1.20. The van der Waals surface area contributed by atoms with Gasteiger partial charge in [0.2, 0.25) is 11.8 Å². The van der Waals surface area contributed by atoms with E-state index in [9.17, 15) is 4.79 Å². The van der Waals surface area contributed by atoms with E-state index >= 15 is 0 Å². The zero-order chi connectivity index (χ0) is 11.3. The van der Waals surface area contributed by atoms with Gasteiger partial charge in [0, 0.05) is 13.5 Å². The van der Waals surface area contributed by atoms with Crippen LogP contribution in [0.3, 0.4) is 0 Å². The van der Waals surface area contributed by atoms with E-state index in [-0.39, 0.29) is 6.42 Å². The van der Waals surface area contributed by atoms with E-state index < -0.39 is 5.97 Å². The first-order valence-corrected chi connectivity index (χ1v) is 4.85. The quantitative estimate of drug-likeness (QED) is 0.748. The van der Waals surface area contributed by atoms with Crippen molar-refractivity contribution >= 4 is 5.97 Å². The lowest BCUT2D eigenvalue weighted by atomic mass is 10.3. The zero-order valence-corrected chi connectivity index (χ0v) is 8.93. The normalized spacial score (nSPS) is 10.9. The molecule has 6 nitrogen and oxygen atoms in total. The minimum absolute atomic E-state index is 0.126. The molecule has 1 N–H and O–H groups in total. The highest BCUT2D eigenvalue weighted by atomic mass is 16.4. The lowest BCUT2D eigenvalue weighted by molar-refractivity contribution is -0.137. The van der Waals surface area contributed by atoms with Gasteiger partial charge >= 0.3 is 5.97 Å². The Hall–Kier alpha value is -1.43. The Labute approximate surface area is 87.9 Å². The molecule has 6 heteroatoms. The van der Waals surface area contributed by atoms with E-state index in [1.807, 2.05) is 11.8 Å². The Morgan fingerprint density at radius 2 is 2.27 bits per heavy atom. The van der Waals surface area contributed by atoms with Gasteiger partial charge in [0.25, 0.3) is 0 Å². The second-order valence-electron chi connectivity index (χ2n) is 3.23. The molecule has 0 aromatic carbocycles. The molecule has 0 aliphatic heterocycles. The molecule has 0 aliphatic carbocycles. The van der Waals surface area contributed by atoms with Gasteiger partial charge in [0.1, 0.15) is 0 Å². The van der Waals surface area contributed by atoms with Gasteiger partial charge in [-0.05, 0) is 6.54 Å². The first-order valence-electron chi connectivity index (χ1n) is 4.85. The number of hydrogen-bond acceptors (Lipinski definition) is 5. The minimum Gasteiger partial charge on any atom is -0.481 e. The van der Waals surface area contributed by atoms with Gasteiger partial charge in [-0.25, -0.2) is 0 Å². The summed E-state index contributed by atoms with van der Waals surface area (Å²) in [5.74, 6) is 0.259. The summed E-state index contributed by atoms with van der Waals surface area (Å²) in [6.07, 6.45) is 0.126. The zero-order valence-electron chi connectivity index (χ0n) is 8.93. The summed E-state index contributed by atoms with van der Waals surface area (Å²) < 4.78 is 5.21. The van der Waals surface area contributed by atoms with Crippen LogP contribution in [-0.4, -0.2) is 39.3 Å². The lowest BCUT2D eigenvalue weighted by Gasteiger charge is -2.16. The highest BCUT2D eigenvalue weighted by Crippen LogP contribution is 2.03. The van der Waals surface area contributed by atoms with E-state index in [1.54, 1.807) is 6.92 Å². The van der Waals surface area contributed by atoms with Crippen LogP contribution in [0.4, 0.5) is 0 Å². The molecule has 0 atom stereocenters. The van der Waals surface area contributed by atoms with Crippen LogP contribution in [0.5, 0.6) is 0 Å². The summed E-state index contributed by atoms with van der Waals surface area (Å²) in [7, 11) is 0. The fraction of sp³-hybridized carbons (Fsp3) is 0.667. The van der Waals surface area contributed by atoms with Crippen LogP contribution in [-0.2, 0) is 11.3 Å². The smallest absolute Gasteiger partial charge is 0.304 e. The predicted molar refractivity (Wildman–Crippen MR) is 52.2 cm³/mol. The fourth-order valence-corrected chi connectivity index (χ4v) is 1.20. The van der Waals surface area contributed by atoms with Gasteiger partial charge in [-0.1, -0.05) is 6.92 Å². The number of aryl methyl sites for hydroxylation is 1. The number of carboxylic acids is 1. The molecule has 0 unspecified atom stereocenters. The van der Waals surface area contributed by atoms with Crippen LogP contribution in [0.1, 0.15) is 25.1 Å². The maximum Gasteiger partial charge on any atom is 0.304 e. The van der Waals surface area contributed by atoms with Crippen LogP contribution in [0.25, 0.3) is 0 Å². The number of carboxylic acid groups (broad SMARTS) is 1. The van der Waals surface area contributed by atoms with Crippen molar-refractivity contribution in [3.63, 3.8) is 0 Å². The Kier molecular flexibility index (Phi) is 4.23. The number of rotatable bonds is 6. The molecule has 1 aromatic heterocycles. The second-order valence-corrected chi connectivity index (χ2v) is 3.23. The van der Waals surface area contributed by atoms with E-state index in [1.165, 1.54) is 0 Å². The highest BCUT2D eigenvalue weighted by molar-refractivity contribution is 5.66. The molecule has 1 rings (SSSR count). The summed E-state index contributed by atoms with van der Waals surface area (Å²) in [6.45, 7) is 5.45. The van der Waals surface area contributed by atoms with Gasteiger partial charge in [-0.15, -0.1) is 10.2 Å². The molecule has 1 aromatic rings. The Morgan fingerprint density at radius 3 is 2.73 bits per heavy atom. The summed E-state index contributed by atoms with van der Waals surface area (Å²) in [5.41, 5.74) is 0. The molecule has 84 valence electrons. The van der Waals surface area contributed by atoms with Crippen molar-refractivity contribution < 1.29 is 14.3 Å². The summed E-state index contributed by atoms with van der Waals surface area (Å²) in [4.78, 5) is 12.3. The number of aliphatic carboxylic acids is 1. The molecule has 0 spiro atoms. The first kappa shape index (κ1) is 11.6. The average Bonchev–Trinajstić information content (AvgIpc) is 2.58. The number of nitrogens with zero attached hydrogens (tertiary/aromatic N) is 3. The van der Waals surface area contributed by atoms with E-state index in [4.69, 9.17) is 9.52 Å². The number of hydrogen-bond donors (Lipinski definition) is 1. The largest absolute Gasteiger partial charge is 0.481 e. The molecule has 0 saturated carbocycles. The maximum absolute atomic E-state index is 10.4.